The number of nitrogens with zero attached hydrogens (tertiary/aromatic N) is 6. The molecule has 172 valence electrons. The standard InChI is InChI=1S/C21H20F3N7OS/c1-12-9-31(11-25-12)15-5-4-13(26-18(15)32-3)14-10-33-19(27-14)28-17-8-16(29-30(17)2)20(6-7-20)21(22,23)24/h4-5,8-11H,6-7H2,1-3H3,(H,27,28). The molecule has 0 unspecified atom stereocenters. The first-order valence-corrected chi connectivity index (χ1v) is 11.0. The van der Waals surface area contributed by atoms with Crippen LogP contribution in [0.4, 0.5) is 24.1 Å². The van der Waals surface area contributed by atoms with E-state index in [0.29, 0.717) is 28.2 Å². The van der Waals surface area contributed by atoms with E-state index in [4.69, 9.17) is 4.74 Å². The van der Waals surface area contributed by atoms with E-state index in [0.717, 1.165) is 11.4 Å². The Balaban J connectivity index is 1.38. The van der Waals surface area contributed by atoms with Crippen LogP contribution in [0.15, 0.2) is 36.1 Å². The predicted molar refractivity (Wildman–Crippen MR) is 117 cm³/mol. The first-order valence-electron chi connectivity index (χ1n) is 10.1. The summed E-state index contributed by atoms with van der Waals surface area (Å²) in [5.41, 5.74) is 1.05. The molecule has 12 heteroatoms. The van der Waals surface area contributed by atoms with Crippen molar-refractivity contribution in [2.24, 2.45) is 7.05 Å². The van der Waals surface area contributed by atoms with E-state index in [1.807, 2.05) is 35.2 Å². The van der Waals surface area contributed by atoms with Crippen molar-refractivity contribution in [1.29, 1.82) is 0 Å². The summed E-state index contributed by atoms with van der Waals surface area (Å²) >= 11 is 1.32. The van der Waals surface area contributed by atoms with Gasteiger partial charge in [0.1, 0.15) is 22.6 Å². The number of halogens is 3. The Hall–Kier alpha value is -3.41. The number of ether oxygens (including phenoxy) is 1. The maximum Gasteiger partial charge on any atom is 0.400 e. The van der Waals surface area contributed by atoms with E-state index in [2.05, 4.69) is 25.4 Å². The maximum atomic E-state index is 13.4. The molecule has 8 nitrogen and oxygen atoms in total. The van der Waals surface area contributed by atoms with Crippen LogP contribution in [0, 0.1) is 6.92 Å². The monoisotopic (exact) mass is 475 g/mol. The summed E-state index contributed by atoms with van der Waals surface area (Å²) in [4.78, 5) is 13.3. The maximum absolute atomic E-state index is 13.4. The molecule has 0 radical (unpaired) electrons. The fourth-order valence-electron chi connectivity index (χ4n) is 3.66. The van der Waals surface area contributed by atoms with Crippen LogP contribution >= 0.6 is 11.3 Å². The third kappa shape index (κ3) is 3.73. The van der Waals surface area contributed by atoms with Crippen molar-refractivity contribution in [1.82, 2.24) is 29.3 Å². The van der Waals surface area contributed by atoms with Crippen LogP contribution in [0.5, 0.6) is 5.88 Å². The molecule has 1 saturated carbocycles. The SMILES string of the molecule is COc1nc(-c2csc(Nc3cc(C4(C(F)(F)F)CC4)nn3C)n2)ccc1-n1cnc(C)c1. The second kappa shape index (κ2) is 7.58. The highest BCUT2D eigenvalue weighted by Gasteiger charge is 2.65. The molecular formula is C21H20F3N7OS. The number of anilines is 2. The lowest BCUT2D eigenvalue weighted by molar-refractivity contribution is -0.161. The number of rotatable bonds is 6. The van der Waals surface area contributed by atoms with Gasteiger partial charge in [0.25, 0.3) is 0 Å². The highest BCUT2D eigenvalue weighted by atomic mass is 32.1. The van der Waals surface area contributed by atoms with Crippen molar-refractivity contribution in [3.8, 4) is 23.0 Å². The molecule has 4 aromatic heterocycles. The molecule has 0 spiro atoms. The topological polar surface area (TPSA) is 82.7 Å². The molecule has 0 saturated heterocycles. The average molecular weight is 476 g/mol. The smallest absolute Gasteiger partial charge is 0.400 e. The van der Waals surface area contributed by atoms with Crippen LogP contribution < -0.4 is 10.1 Å². The van der Waals surface area contributed by atoms with E-state index < -0.39 is 11.6 Å². The summed E-state index contributed by atoms with van der Waals surface area (Å²) in [7, 11) is 3.15. The van der Waals surface area contributed by atoms with Gasteiger partial charge in [-0.25, -0.2) is 15.0 Å². The predicted octanol–water partition coefficient (Wildman–Crippen LogP) is 4.78. The number of hydrogen-bond acceptors (Lipinski definition) is 7. The Kier molecular flexibility index (Phi) is 4.92. The van der Waals surface area contributed by atoms with Crippen molar-refractivity contribution >= 4 is 22.3 Å². The molecular weight excluding hydrogens is 455 g/mol. The van der Waals surface area contributed by atoms with Crippen molar-refractivity contribution in [3.05, 3.63) is 47.5 Å². The Morgan fingerprint density at radius 1 is 1.18 bits per heavy atom. The first kappa shape index (κ1) is 21.4. The minimum atomic E-state index is -4.31. The molecule has 33 heavy (non-hydrogen) atoms. The van der Waals surface area contributed by atoms with Crippen molar-refractivity contribution in [2.45, 2.75) is 31.4 Å². The molecule has 4 aromatic rings. The molecule has 1 fully saturated rings. The third-order valence-electron chi connectivity index (χ3n) is 5.69. The minimum absolute atomic E-state index is 0.0357. The Labute approximate surface area is 191 Å². The van der Waals surface area contributed by atoms with Gasteiger partial charge >= 0.3 is 6.18 Å². The van der Waals surface area contributed by atoms with Gasteiger partial charge in [-0.3, -0.25) is 4.68 Å². The number of imidazole rings is 1. The van der Waals surface area contributed by atoms with E-state index in [9.17, 15) is 13.2 Å². The first-order chi connectivity index (χ1) is 15.7. The second-order valence-corrected chi connectivity index (χ2v) is 8.79. The fraction of sp³-hybridized carbons (Fsp3) is 0.333. The lowest BCUT2D eigenvalue weighted by Crippen LogP contribution is -2.29. The molecule has 1 aliphatic carbocycles. The average Bonchev–Trinajstić information content (AvgIpc) is 3.08. The van der Waals surface area contributed by atoms with Gasteiger partial charge in [-0.2, -0.15) is 18.3 Å². The molecule has 0 atom stereocenters. The second-order valence-electron chi connectivity index (χ2n) is 7.93. The molecule has 1 aliphatic rings. The van der Waals surface area contributed by atoms with Gasteiger partial charge in [-0.1, -0.05) is 0 Å². The van der Waals surface area contributed by atoms with Gasteiger partial charge in [0.05, 0.1) is 30.5 Å². The zero-order chi connectivity index (χ0) is 23.4. The van der Waals surface area contributed by atoms with Crippen molar-refractivity contribution < 1.29 is 17.9 Å². The summed E-state index contributed by atoms with van der Waals surface area (Å²) < 4.78 is 49.0. The van der Waals surface area contributed by atoms with Gasteiger partial charge in [0, 0.05) is 24.7 Å². The largest absolute Gasteiger partial charge is 0.479 e. The summed E-state index contributed by atoms with van der Waals surface area (Å²) in [5, 5.41) is 9.52. The lowest BCUT2D eigenvalue weighted by atomic mass is 10.0. The number of aromatic nitrogens is 6. The van der Waals surface area contributed by atoms with Crippen molar-refractivity contribution in [3.63, 3.8) is 0 Å². The zero-order valence-electron chi connectivity index (χ0n) is 18.0. The van der Waals surface area contributed by atoms with Gasteiger partial charge in [-0.05, 0) is 31.9 Å². The van der Waals surface area contributed by atoms with Crippen LogP contribution in [0.1, 0.15) is 24.2 Å². The third-order valence-corrected chi connectivity index (χ3v) is 6.45. The van der Waals surface area contributed by atoms with Gasteiger partial charge in [-0.15, -0.1) is 11.3 Å². The van der Waals surface area contributed by atoms with Crippen LogP contribution in [-0.4, -0.2) is 42.6 Å². The van der Waals surface area contributed by atoms with Crippen LogP contribution in [-0.2, 0) is 12.5 Å². The number of hydrogen-bond donors (Lipinski definition) is 1. The number of thiazole rings is 1. The van der Waals surface area contributed by atoms with Gasteiger partial charge in [0.15, 0.2) is 5.13 Å². The number of aryl methyl sites for hydroxylation is 2. The number of methoxy groups -OCH3 is 1. The summed E-state index contributed by atoms with van der Waals surface area (Å²) in [6.45, 7) is 1.90. The Morgan fingerprint density at radius 2 is 1.97 bits per heavy atom. The Morgan fingerprint density at radius 3 is 2.61 bits per heavy atom. The highest BCUT2D eigenvalue weighted by Crippen LogP contribution is 2.58. The van der Waals surface area contributed by atoms with Crippen LogP contribution in [0.3, 0.4) is 0 Å². The summed E-state index contributed by atoms with van der Waals surface area (Å²) in [5.74, 6) is 0.864. The molecule has 4 heterocycles. The van der Waals surface area contributed by atoms with Gasteiger partial charge < -0.3 is 14.6 Å². The van der Waals surface area contributed by atoms with Crippen molar-refractivity contribution in [2.75, 3.05) is 12.4 Å². The number of pyridine rings is 1. The van der Waals surface area contributed by atoms with Crippen LogP contribution in [0.25, 0.3) is 17.1 Å². The summed E-state index contributed by atoms with van der Waals surface area (Å²) in [6.07, 6.45) is -0.616. The molecule has 5 rings (SSSR count). The quantitative estimate of drug-likeness (QED) is 0.432. The fourth-order valence-corrected chi connectivity index (χ4v) is 4.37. The Bertz CT molecular complexity index is 1320. The van der Waals surface area contributed by atoms with Gasteiger partial charge in [0.2, 0.25) is 5.88 Å². The number of alkyl halides is 3. The van der Waals surface area contributed by atoms with Crippen LogP contribution in [0.2, 0.25) is 0 Å². The molecule has 0 bridgehead atoms. The summed E-state index contributed by atoms with van der Waals surface area (Å²) in [6, 6.07) is 5.15. The zero-order valence-corrected chi connectivity index (χ0v) is 18.8. The minimum Gasteiger partial charge on any atom is -0.479 e. The molecule has 0 aliphatic heterocycles. The van der Waals surface area contributed by atoms with E-state index in [-0.39, 0.29) is 18.5 Å². The molecule has 1 N–H and O–H groups in total. The highest BCUT2D eigenvalue weighted by molar-refractivity contribution is 7.14. The molecule has 0 aromatic carbocycles. The van der Waals surface area contributed by atoms with E-state index >= 15 is 0 Å². The van der Waals surface area contributed by atoms with E-state index in [1.54, 1.807) is 20.5 Å². The lowest BCUT2D eigenvalue weighted by Gasteiger charge is -2.16. The van der Waals surface area contributed by atoms with E-state index in [1.165, 1.54) is 22.1 Å². The molecule has 0 amide bonds. The number of nitrogens with one attached hydrogen (secondary N) is 1. The normalized spacial score (nSPS) is 15.0.